The van der Waals surface area contributed by atoms with E-state index in [2.05, 4.69) is 8.83 Å². The summed E-state index contributed by atoms with van der Waals surface area (Å²) in [4.78, 5) is 46.1. The van der Waals surface area contributed by atoms with Crippen LogP contribution in [0.3, 0.4) is 0 Å². The Labute approximate surface area is 274 Å². The van der Waals surface area contributed by atoms with E-state index in [1.165, 1.54) is 0 Å². The van der Waals surface area contributed by atoms with Gasteiger partial charge in [0.15, 0.2) is 12.5 Å². The van der Waals surface area contributed by atoms with Crippen molar-refractivity contribution in [3.8, 4) is 0 Å². The molecule has 24 nitrogen and oxygen atoms in total. The topological polar surface area (TPSA) is 376 Å². The number of hydrogen-bond acceptors (Lipinski definition) is 20. The predicted molar refractivity (Wildman–Crippen MR) is 151 cm³/mol. The van der Waals surface area contributed by atoms with Gasteiger partial charge < -0.3 is 74.7 Å². The molecule has 1 aromatic heterocycles. The third-order valence-corrected chi connectivity index (χ3v) is 10.8. The zero-order valence-corrected chi connectivity index (χ0v) is 27.0. The first kappa shape index (κ1) is 40.2. The predicted octanol–water partition coefficient (Wildman–Crippen LogP) is -6.33. The van der Waals surface area contributed by atoms with E-state index in [-0.39, 0.29) is 0 Å². The standard InChI is InChI=1S/C23H38N2O22P2/c1-41-21-14(30)8(13(29)9(5-26)44-21)4-23(19(35)17(33)15(31)10(6-27)45-23)46-49(39,40)47-48(37,38)42-7-11-16(32)18(34)20(43-11)25-3-2-12(28)24-22(25)36/h2-3,8-11,13-21,26-27,29-35H,4-7H2,1H3,(H,37,38)(H,39,40)(H,24,28,36)/t8-,9+,10+,11+,13+,14+,15-,16+,17-,18+,19+,20+,21+,23+/m0/s1. The second-order valence-corrected chi connectivity index (χ2v) is 14.3. The molecule has 0 amide bonds. The van der Waals surface area contributed by atoms with Gasteiger partial charge in [0.2, 0.25) is 5.79 Å². The summed E-state index contributed by atoms with van der Waals surface area (Å²) in [5.41, 5.74) is -1.84. The summed E-state index contributed by atoms with van der Waals surface area (Å²) in [6, 6.07) is 0.898. The summed E-state index contributed by atoms with van der Waals surface area (Å²) in [6.07, 6.45) is -22.8. The lowest BCUT2D eigenvalue weighted by atomic mass is 9.79. The zero-order valence-electron chi connectivity index (χ0n) is 25.2. The summed E-state index contributed by atoms with van der Waals surface area (Å²) < 4.78 is 61.5. The maximum absolute atomic E-state index is 13.2. The third kappa shape index (κ3) is 8.56. The molecule has 3 aliphatic rings. The number of methoxy groups -OCH3 is 1. The van der Waals surface area contributed by atoms with Gasteiger partial charge in [-0.2, -0.15) is 4.31 Å². The Morgan fingerprint density at radius 2 is 1.49 bits per heavy atom. The van der Waals surface area contributed by atoms with Gasteiger partial charge in [-0.25, -0.2) is 13.9 Å². The number of ether oxygens (including phenoxy) is 4. The first-order valence-corrected chi connectivity index (χ1v) is 17.3. The van der Waals surface area contributed by atoms with Crippen molar-refractivity contribution in [2.45, 2.75) is 85.8 Å². The van der Waals surface area contributed by atoms with Crippen LogP contribution in [0.25, 0.3) is 0 Å². The van der Waals surface area contributed by atoms with Crippen LogP contribution in [0, 0.1) is 5.92 Å². The second kappa shape index (κ2) is 15.6. The summed E-state index contributed by atoms with van der Waals surface area (Å²) in [5.74, 6) is -4.82. The highest BCUT2D eigenvalue weighted by atomic mass is 31.3. The van der Waals surface area contributed by atoms with Gasteiger partial charge in [0.05, 0.1) is 25.9 Å². The first-order chi connectivity index (χ1) is 22.8. The van der Waals surface area contributed by atoms with E-state index in [1.807, 2.05) is 4.98 Å². The normalized spacial score (nSPS) is 42.4. The number of aliphatic hydroxyl groups excluding tert-OH is 9. The lowest BCUT2D eigenvalue weighted by Gasteiger charge is -2.51. The summed E-state index contributed by atoms with van der Waals surface area (Å²) in [5, 5.41) is 93.4. The van der Waals surface area contributed by atoms with E-state index in [1.54, 1.807) is 0 Å². The maximum Gasteiger partial charge on any atom is 0.483 e. The highest BCUT2D eigenvalue weighted by Gasteiger charge is 2.61. The fraction of sp³-hybridized carbons (Fsp3) is 0.826. The van der Waals surface area contributed by atoms with Crippen molar-refractivity contribution in [2.75, 3.05) is 26.9 Å². The zero-order chi connectivity index (χ0) is 36.6. The average Bonchev–Trinajstić information content (AvgIpc) is 3.31. The smallest absolute Gasteiger partial charge is 0.394 e. The summed E-state index contributed by atoms with van der Waals surface area (Å²) in [6.45, 7) is -3.12. The molecule has 26 heteroatoms. The molecule has 3 fully saturated rings. The molecule has 3 aliphatic heterocycles. The van der Waals surface area contributed by atoms with Crippen LogP contribution in [0.1, 0.15) is 12.6 Å². The lowest BCUT2D eigenvalue weighted by molar-refractivity contribution is -0.358. The number of phosphoric acid groups is 2. The molecule has 16 atom stereocenters. The van der Waals surface area contributed by atoms with E-state index >= 15 is 0 Å². The average molecular weight is 756 g/mol. The quantitative estimate of drug-likeness (QED) is 0.0833. The third-order valence-electron chi connectivity index (χ3n) is 8.15. The van der Waals surface area contributed by atoms with E-state index < -0.39 is 138 Å². The number of aromatic amines is 1. The lowest BCUT2D eigenvalue weighted by Crippen LogP contribution is -2.68. The van der Waals surface area contributed by atoms with Crippen LogP contribution < -0.4 is 11.2 Å². The van der Waals surface area contributed by atoms with Crippen LogP contribution in [0.2, 0.25) is 0 Å². The number of nitrogens with zero attached hydrogens (tertiary/aromatic N) is 1. The van der Waals surface area contributed by atoms with Crippen molar-refractivity contribution < 1.29 is 97.2 Å². The molecule has 0 aromatic carbocycles. The van der Waals surface area contributed by atoms with Crippen molar-refractivity contribution in [1.29, 1.82) is 0 Å². The van der Waals surface area contributed by atoms with Crippen molar-refractivity contribution in [2.24, 2.45) is 5.92 Å². The summed E-state index contributed by atoms with van der Waals surface area (Å²) >= 11 is 0. The Morgan fingerprint density at radius 3 is 2.08 bits per heavy atom. The molecular weight excluding hydrogens is 718 g/mol. The molecule has 12 N–H and O–H groups in total. The van der Waals surface area contributed by atoms with Gasteiger partial charge in [0.1, 0.15) is 54.9 Å². The van der Waals surface area contributed by atoms with Gasteiger partial charge >= 0.3 is 21.3 Å². The SMILES string of the molecule is CO[C@@H]1O[C@H](CO)[C@H](O)[C@H](C[C@]2(OP(=O)(O)OP(=O)(O)OC[C@H]3O[C@@H](n4ccc(=O)[nH]c4=O)[C@H](O)[C@@H]3O)O[C@H](CO)[C@H](O)[C@H](O)[C@H]2O)[C@H]1O. The van der Waals surface area contributed by atoms with Crippen molar-refractivity contribution >= 4 is 15.6 Å². The van der Waals surface area contributed by atoms with E-state index in [4.69, 9.17) is 23.5 Å². The van der Waals surface area contributed by atoms with Crippen LogP contribution in [0.5, 0.6) is 0 Å². The van der Waals surface area contributed by atoms with E-state index in [9.17, 15) is 74.5 Å². The Kier molecular flexibility index (Phi) is 12.8. The van der Waals surface area contributed by atoms with Crippen LogP contribution >= 0.6 is 15.6 Å². The van der Waals surface area contributed by atoms with Gasteiger partial charge in [-0.05, 0) is 0 Å². The molecule has 1 aromatic rings. The van der Waals surface area contributed by atoms with Crippen LogP contribution in [-0.2, 0) is 41.4 Å². The number of phosphoric ester groups is 2. The number of aliphatic hydroxyl groups is 9. The Morgan fingerprint density at radius 1 is 0.857 bits per heavy atom. The van der Waals surface area contributed by atoms with Gasteiger partial charge in [0.25, 0.3) is 5.56 Å². The molecule has 0 bridgehead atoms. The Hall–Kier alpha value is -1.58. The molecule has 3 saturated heterocycles. The number of hydrogen-bond donors (Lipinski definition) is 12. The molecule has 0 spiro atoms. The number of rotatable bonds is 13. The van der Waals surface area contributed by atoms with Crippen LogP contribution in [-0.4, -0.2) is 165 Å². The van der Waals surface area contributed by atoms with Crippen molar-refractivity contribution in [3.63, 3.8) is 0 Å². The molecule has 49 heavy (non-hydrogen) atoms. The largest absolute Gasteiger partial charge is 0.483 e. The molecule has 2 unspecified atom stereocenters. The monoisotopic (exact) mass is 756 g/mol. The molecule has 0 aliphatic carbocycles. The fourth-order valence-electron chi connectivity index (χ4n) is 5.68. The highest BCUT2D eigenvalue weighted by Crippen LogP contribution is 2.63. The minimum Gasteiger partial charge on any atom is -0.394 e. The number of aromatic nitrogens is 2. The second-order valence-electron chi connectivity index (χ2n) is 11.4. The molecule has 4 heterocycles. The van der Waals surface area contributed by atoms with Gasteiger partial charge in [-0.1, -0.05) is 0 Å². The molecule has 0 saturated carbocycles. The van der Waals surface area contributed by atoms with Crippen molar-refractivity contribution in [3.05, 3.63) is 33.1 Å². The fourth-order valence-corrected chi connectivity index (χ4v) is 7.99. The van der Waals surface area contributed by atoms with Crippen LogP contribution in [0.4, 0.5) is 0 Å². The van der Waals surface area contributed by atoms with Gasteiger partial charge in [-0.15, -0.1) is 0 Å². The van der Waals surface area contributed by atoms with Crippen molar-refractivity contribution in [1.82, 2.24) is 9.55 Å². The van der Waals surface area contributed by atoms with E-state index in [0.29, 0.717) is 4.57 Å². The molecule has 4 rings (SSSR count). The summed E-state index contributed by atoms with van der Waals surface area (Å²) in [7, 11) is -10.8. The number of nitrogens with one attached hydrogen (secondary N) is 1. The first-order valence-electron chi connectivity index (χ1n) is 14.3. The molecular formula is C23H38N2O22P2. The minimum atomic E-state index is -6.08. The van der Waals surface area contributed by atoms with Gasteiger partial charge in [0, 0.05) is 31.7 Å². The Bertz CT molecular complexity index is 1480. The molecule has 0 radical (unpaired) electrons. The van der Waals surface area contributed by atoms with E-state index in [0.717, 1.165) is 19.4 Å². The highest BCUT2D eigenvalue weighted by molar-refractivity contribution is 7.61. The number of H-pyrrole nitrogens is 1. The maximum atomic E-state index is 13.2. The molecule has 282 valence electrons. The van der Waals surface area contributed by atoms with Crippen LogP contribution in [0.15, 0.2) is 21.9 Å². The minimum absolute atomic E-state index is 0.684. The Balaban J connectivity index is 1.55. The van der Waals surface area contributed by atoms with Gasteiger partial charge in [-0.3, -0.25) is 23.4 Å².